The fourth-order valence-corrected chi connectivity index (χ4v) is 4.87. The lowest BCUT2D eigenvalue weighted by Gasteiger charge is -2.31. The van der Waals surface area contributed by atoms with Crippen LogP contribution in [0.2, 0.25) is 0 Å². The van der Waals surface area contributed by atoms with Crippen molar-refractivity contribution < 1.29 is 9.59 Å². The molecule has 4 rings (SSSR count). The molecule has 0 spiro atoms. The molecule has 0 bridgehead atoms. The van der Waals surface area contributed by atoms with E-state index >= 15 is 0 Å². The van der Waals surface area contributed by atoms with Crippen LogP contribution in [0.15, 0.2) is 48.5 Å². The number of hydrogen-bond donors (Lipinski definition) is 2. The molecule has 2 atom stereocenters. The molecule has 0 saturated heterocycles. The second-order valence-electron chi connectivity index (χ2n) is 10.2. The summed E-state index contributed by atoms with van der Waals surface area (Å²) >= 11 is 0. The minimum atomic E-state index is -0.158. The molecule has 0 radical (unpaired) electrons. The number of benzene rings is 2. The number of carbonyl (C=O) groups excluding carboxylic acids is 2. The van der Waals surface area contributed by atoms with Crippen LogP contribution in [0.5, 0.6) is 0 Å². The summed E-state index contributed by atoms with van der Waals surface area (Å²) in [7, 11) is 0. The van der Waals surface area contributed by atoms with Gasteiger partial charge in [-0.2, -0.15) is 0 Å². The van der Waals surface area contributed by atoms with E-state index in [1.165, 1.54) is 0 Å². The number of nitrogens with zero attached hydrogens (tertiary/aromatic N) is 2. The third-order valence-electron chi connectivity index (χ3n) is 6.82. The first kappa shape index (κ1) is 24.4. The van der Waals surface area contributed by atoms with E-state index in [2.05, 4.69) is 38.3 Å². The van der Waals surface area contributed by atoms with Crippen LogP contribution in [-0.4, -0.2) is 47.8 Å². The van der Waals surface area contributed by atoms with Gasteiger partial charge in [0.15, 0.2) is 0 Å². The van der Waals surface area contributed by atoms with Gasteiger partial charge in [-0.1, -0.05) is 64.1 Å². The summed E-state index contributed by atoms with van der Waals surface area (Å²) in [4.78, 5) is 30.4. The van der Waals surface area contributed by atoms with Crippen molar-refractivity contribution >= 4 is 11.8 Å². The Balaban J connectivity index is 1.50. The molecule has 2 unspecified atom stereocenters. The number of carbonyl (C=O) groups is 2. The lowest BCUT2D eigenvalue weighted by molar-refractivity contribution is 0.0561. The zero-order valence-electron chi connectivity index (χ0n) is 20.9. The van der Waals surface area contributed by atoms with Gasteiger partial charge in [-0.05, 0) is 49.9 Å². The fourth-order valence-electron chi connectivity index (χ4n) is 4.87. The van der Waals surface area contributed by atoms with Crippen molar-refractivity contribution in [2.24, 2.45) is 11.8 Å². The summed E-state index contributed by atoms with van der Waals surface area (Å²) in [6.07, 6.45) is 1.77. The maximum absolute atomic E-state index is 13.3. The van der Waals surface area contributed by atoms with Crippen LogP contribution in [0.1, 0.15) is 84.7 Å². The molecule has 2 aromatic carbocycles. The van der Waals surface area contributed by atoms with Gasteiger partial charge in [-0.3, -0.25) is 20.2 Å². The Morgan fingerprint density at radius 1 is 0.676 bits per heavy atom. The average molecular weight is 463 g/mol. The molecule has 2 amide bonds. The minimum Gasteiger partial charge on any atom is -0.317 e. The molecule has 2 N–H and O–H groups in total. The summed E-state index contributed by atoms with van der Waals surface area (Å²) in [6.45, 7) is 11.5. The van der Waals surface area contributed by atoms with Crippen molar-refractivity contribution in [2.75, 3.05) is 26.2 Å². The molecule has 6 heteroatoms. The molecule has 2 aromatic rings. The Morgan fingerprint density at radius 2 is 1.06 bits per heavy atom. The molecule has 2 aliphatic rings. The first-order valence-electron chi connectivity index (χ1n) is 12.6. The van der Waals surface area contributed by atoms with Crippen molar-refractivity contribution in [2.45, 2.75) is 52.9 Å². The summed E-state index contributed by atoms with van der Waals surface area (Å²) < 4.78 is 0. The van der Waals surface area contributed by atoms with Gasteiger partial charge >= 0.3 is 0 Å². The Labute approximate surface area is 203 Å². The van der Waals surface area contributed by atoms with Crippen molar-refractivity contribution in [3.63, 3.8) is 0 Å². The lowest BCUT2D eigenvalue weighted by atomic mass is 10.1. The number of fused-ring (bicyclic) bond motifs is 2. The Bertz CT molecular complexity index is 937. The van der Waals surface area contributed by atoms with Crippen LogP contribution >= 0.6 is 0 Å². The van der Waals surface area contributed by atoms with Crippen LogP contribution in [0.25, 0.3) is 0 Å². The molecule has 182 valence electrons. The largest absolute Gasteiger partial charge is 0.317 e. The van der Waals surface area contributed by atoms with Gasteiger partial charge < -0.3 is 9.80 Å². The number of amides is 2. The highest BCUT2D eigenvalue weighted by Gasteiger charge is 2.39. The van der Waals surface area contributed by atoms with Crippen molar-refractivity contribution in [3.8, 4) is 0 Å². The number of nitrogens with one attached hydrogen (secondary N) is 2. The standard InChI is InChI=1S/C28H38N4O2/c1-19(2)13-15-29-25-21-9-5-7-11-23(21)27(33)31(25)17-18-32-26(30-16-14-20(3)4)22-10-6-8-12-24(22)28(32)34/h5-12,19-20,25-26,29-30H,13-18H2,1-4H3. The summed E-state index contributed by atoms with van der Waals surface area (Å²) in [5.74, 6) is 1.25. The Morgan fingerprint density at radius 3 is 1.44 bits per heavy atom. The van der Waals surface area contributed by atoms with Crippen LogP contribution in [0.4, 0.5) is 0 Å². The molecule has 0 fully saturated rings. The van der Waals surface area contributed by atoms with Crippen molar-refractivity contribution in [3.05, 3.63) is 70.8 Å². The molecule has 6 nitrogen and oxygen atoms in total. The van der Waals surface area contributed by atoms with E-state index in [1.807, 2.05) is 58.3 Å². The Hall–Kier alpha value is -2.70. The molecule has 0 saturated carbocycles. The SMILES string of the molecule is CC(C)CCNC1c2ccccc2C(=O)N1CCN1C(=O)c2ccccc2C1NCCC(C)C. The minimum absolute atomic E-state index is 0.0334. The highest BCUT2D eigenvalue weighted by Crippen LogP contribution is 2.34. The topological polar surface area (TPSA) is 64.7 Å². The molecular weight excluding hydrogens is 424 g/mol. The Kier molecular flexibility index (Phi) is 7.69. The average Bonchev–Trinajstić information content (AvgIpc) is 3.23. The van der Waals surface area contributed by atoms with Gasteiger partial charge in [0.05, 0.1) is 0 Å². The molecule has 0 aliphatic carbocycles. The normalized spacial score (nSPS) is 19.5. The second-order valence-corrected chi connectivity index (χ2v) is 10.2. The number of hydrogen-bond acceptors (Lipinski definition) is 4. The molecule has 2 aliphatic heterocycles. The zero-order valence-corrected chi connectivity index (χ0v) is 20.9. The predicted octanol–water partition coefficient (Wildman–Crippen LogP) is 4.57. The third kappa shape index (κ3) is 5.03. The van der Waals surface area contributed by atoms with E-state index in [0.29, 0.717) is 24.9 Å². The van der Waals surface area contributed by atoms with Crippen molar-refractivity contribution in [1.82, 2.24) is 20.4 Å². The quantitative estimate of drug-likeness (QED) is 0.514. The second kappa shape index (κ2) is 10.7. The predicted molar refractivity (Wildman–Crippen MR) is 135 cm³/mol. The highest BCUT2D eigenvalue weighted by atomic mass is 16.2. The summed E-state index contributed by atoms with van der Waals surface area (Å²) in [5.41, 5.74) is 3.57. The monoisotopic (exact) mass is 462 g/mol. The van der Waals surface area contributed by atoms with Crippen LogP contribution in [0, 0.1) is 11.8 Å². The summed E-state index contributed by atoms with van der Waals surface area (Å²) in [5, 5.41) is 7.19. The molecular formula is C28H38N4O2. The van der Waals surface area contributed by atoms with E-state index in [4.69, 9.17) is 0 Å². The fraction of sp³-hybridized carbons (Fsp3) is 0.500. The smallest absolute Gasteiger partial charge is 0.255 e. The molecule has 34 heavy (non-hydrogen) atoms. The van der Waals surface area contributed by atoms with Gasteiger partial charge in [-0.25, -0.2) is 0 Å². The lowest BCUT2D eigenvalue weighted by Crippen LogP contribution is -2.45. The molecule has 0 aromatic heterocycles. The van der Waals surface area contributed by atoms with Gasteiger partial charge in [0.1, 0.15) is 12.3 Å². The van der Waals surface area contributed by atoms with Crippen LogP contribution in [0.3, 0.4) is 0 Å². The van der Waals surface area contributed by atoms with Gasteiger partial charge in [0.2, 0.25) is 0 Å². The van der Waals surface area contributed by atoms with Crippen LogP contribution < -0.4 is 10.6 Å². The zero-order chi connectivity index (χ0) is 24.2. The maximum Gasteiger partial charge on any atom is 0.255 e. The van der Waals surface area contributed by atoms with Gasteiger partial charge in [-0.15, -0.1) is 0 Å². The van der Waals surface area contributed by atoms with Gasteiger partial charge in [0.25, 0.3) is 11.8 Å². The maximum atomic E-state index is 13.3. The summed E-state index contributed by atoms with van der Waals surface area (Å²) in [6, 6.07) is 15.7. The van der Waals surface area contributed by atoms with E-state index < -0.39 is 0 Å². The molecule has 2 heterocycles. The first-order valence-corrected chi connectivity index (χ1v) is 12.6. The van der Waals surface area contributed by atoms with E-state index in [9.17, 15) is 9.59 Å². The van der Waals surface area contributed by atoms with Crippen LogP contribution in [-0.2, 0) is 0 Å². The van der Waals surface area contributed by atoms with E-state index in [1.54, 1.807) is 0 Å². The third-order valence-corrected chi connectivity index (χ3v) is 6.82. The number of rotatable bonds is 11. The van der Waals surface area contributed by atoms with E-state index in [-0.39, 0.29) is 24.1 Å². The first-order chi connectivity index (χ1) is 16.4. The highest BCUT2D eigenvalue weighted by molar-refractivity contribution is 6.00. The van der Waals surface area contributed by atoms with E-state index in [0.717, 1.165) is 48.2 Å². The van der Waals surface area contributed by atoms with Crippen molar-refractivity contribution in [1.29, 1.82) is 0 Å². The van der Waals surface area contributed by atoms with Gasteiger partial charge in [0, 0.05) is 35.3 Å².